The second-order valence-electron chi connectivity index (χ2n) is 3.94. The van der Waals surface area contributed by atoms with Crippen LogP contribution in [0.25, 0.3) is 0 Å². The van der Waals surface area contributed by atoms with Crippen molar-refractivity contribution < 1.29 is 14.3 Å². The fourth-order valence-electron chi connectivity index (χ4n) is 1.66. The molecule has 2 aromatic heterocycles. The van der Waals surface area contributed by atoms with Crippen LogP contribution in [0.1, 0.15) is 21.8 Å². The van der Waals surface area contributed by atoms with E-state index in [4.69, 9.17) is 9.52 Å². The molecule has 0 aromatic carbocycles. The summed E-state index contributed by atoms with van der Waals surface area (Å²) < 4.78 is 5.18. The lowest BCUT2D eigenvalue weighted by molar-refractivity contribution is 0.0948. The number of aliphatic hydroxyl groups excluding tert-OH is 1. The van der Waals surface area contributed by atoms with Crippen molar-refractivity contribution in [2.24, 2.45) is 0 Å². The Morgan fingerprint density at radius 3 is 3.05 bits per heavy atom. The topological polar surface area (TPSA) is 75.4 Å². The van der Waals surface area contributed by atoms with Gasteiger partial charge in [-0.25, -0.2) is 4.98 Å². The highest BCUT2D eigenvalue weighted by molar-refractivity contribution is 5.94. The molecular weight excluding hydrogens is 256 g/mol. The Hall–Kier alpha value is -2.58. The molecule has 0 saturated heterocycles. The quantitative estimate of drug-likeness (QED) is 0.812. The monoisotopic (exact) mass is 270 g/mol. The number of pyridine rings is 1. The van der Waals surface area contributed by atoms with Gasteiger partial charge in [0.1, 0.15) is 18.1 Å². The van der Waals surface area contributed by atoms with Crippen LogP contribution in [-0.4, -0.2) is 29.1 Å². The maximum atomic E-state index is 12.0. The molecule has 0 aliphatic heterocycles. The van der Waals surface area contributed by atoms with Crippen LogP contribution in [0.3, 0.4) is 0 Å². The zero-order valence-corrected chi connectivity index (χ0v) is 10.8. The molecule has 2 N–H and O–H groups in total. The lowest BCUT2D eigenvalue weighted by Crippen LogP contribution is -2.27. The van der Waals surface area contributed by atoms with Gasteiger partial charge in [-0.1, -0.05) is 11.8 Å². The molecule has 0 saturated carbocycles. The lowest BCUT2D eigenvalue weighted by Gasteiger charge is -2.05. The van der Waals surface area contributed by atoms with E-state index in [0.29, 0.717) is 18.5 Å². The van der Waals surface area contributed by atoms with Crippen molar-refractivity contribution in [3.63, 3.8) is 0 Å². The summed E-state index contributed by atoms with van der Waals surface area (Å²) >= 11 is 0. The molecule has 20 heavy (non-hydrogen) atoms. The molecule has 0 aliphatic carbocycles. The van der Waals surface area contributed by atoms with Crippen LogP contribution in [0.5, 0.6) is 0 Å². The van der Waals surface area contributed by atoms with Gasteiger partial charge >= 0.3 is 0 Å². The number of carbonyl (C=O) groups is 1. The standard InChI is InChI=1S/C15H14N2O3/c18-10-2-5-12-4-1-8-16-14(12)15(19)17-9-7-13-6-3-11-20-13/h1,3-4,6,8,11,18H,7,9-10H2,(H,17,19). The number of carbonyl (C=O) groups excluding carboxylic acids is 1. The van der Waals surface area contributed by atoms with E-state index in [1.54, 1.807) is 24.5 Å². The number of furan rings is 1. The fourth-order valence-corrected chi connectivity index (χ4v) is 1.66. The molecule has 0 bridgehead atoms. The van der Waals surface area contributed by atoms with Crippen molar-refractivity contribution in [2.45, 2.75) is 6.42 Å². The summed E-state index contributed by atoms with van der Waals surface area (Å²) in [7, 11) is 0. The van der Waals surface area contributed by atoms with Crippen LogP contribution < -0.4 is 5.32 Å². The van der Waals surface area contributed by atoms with Gasteiger partial charge in [0.25, 0.3) is 5.91 Å². The van der Waals surface area contributed by atoms with E-state index in [2.05, 4.69) is 22.1 Å². The molecule has 0 unspecified atom stereocenters. The van der Waals surface area contributed by atoms with Crippen molar-refractivity contribution in [3.05, 3.63) is 53.7 Å². The predicted octanol–water partition coefficient (Wildman–Crippen LogP) is 0.991. The minimum Gasteiger partial charge on any atom is -0.469 e. The molecule has 5 heteroatoms. The molecule has 102 valence electrons. The molecule has 0 fully saturated rings. The summed E-state index contributed by atoms with van der Waals surface area (Å²) in [5.41, 5.74) is 0.755. The van der Waals surface area contributed by atoms with Gasteiger partial charge in [-0.2, -0.15) is 0 Å². The Bertz CT molecular complexity index is 624. The van der Waals surface area contributed by atoms with E-state index in [1.165, 1.54) is 6.20 Å². The van der Waals surface area contributed by atoms with Gasteiger partial charge in [-0.05, 0) is 24.3 Å². The minimum atomic E-state index is -0.292. The van der Waals surface area contributed by atoms with E-state index in [-0.39, 0.29) is 18.2 Å². The minimum absolute atomic E-state index is 0.256. The first kappa shape index (κ1) is 13.8. The van der Waals surface area contributed by atoms with Crippen molar-refractivity contribution in [1.29, 1.82) is 0 Å². The molecule has 5 nitrogen and oxygen atoms in total. The van der Waals surface area contributed by atoms with Crippen LogP contribution in [-0.2, 0) is 6.42 Å². The van der Waals surface area contributed by atoms with E-state index >= 15 is 0 Å². The van der Waals surface area contributed by atoms with Gasteiger partial charge in [-0.3, -0.25) is 4.79 Å². The summed E-state index contributed by atoms with van der Waals surface area (Å²) in [6.07, 6.45) is 3.74. The lowest BCUT2D eigenvalue weighted by atomic mass is 10.2. The van der Waals surface area contributed by atoms with Crippen LogP contribution in [0.4, 0.5) is 0 Å². The van der Waals surface area contributed by atoms with Crippen LogP contribution in [0.15, 0.2) is 41.1 Å². The van der Waals surface area contributed by atoms with Crippen molar-refractivity contribution in [1.82, 2.24) is 10.3 Å². The second-order valence-corrected chi connectivity index (χ2v) is 3.94. The first-order valence-corrected chi connectivity index (χ1v) is 6.16. The number of nitrogens with one attached hydrogen (secondary N) is 1. The zero-order valence-electron chi connectivity index (χ0n) is 10.8. The normalized spacial score (nSPS) is 9.65. The van der Waals surface area contributed by atoms with Gasteiger partial charge in [-0.15, -0.1) is 0 Å². The van der Waals surface area contributed by atoms with Gasteiger partial charge in [0.15, 0.2) is 0 Å². The Balaban J connectivity index is 1.98. The third-order valence-corrected chi connectivity index (χ3v) is 2.56. The van der Waals surface area contributed by atoms with E-state index in [1.807, 2.05) is 6.07 Å². The second kappa shape index (κ2) is 7.12. The first-order chi connectivity index (χ1) is 9.81. The predicted molar refractivity (Wildman–Crippen MR) is 72.9 cm³/mol. The number of nitrogens with zero attached hydrogens (tertiary/aromatic N) is 1. The zero-order chi connectivity index (χ0) is 14.2. The summed E-state index contributed by atoms with van der Waals surface area (Å²) in [5, 5.41) is 11.5. The largest absolute Gasteiger partial charge is 0.469 e. The smallest absolute Gasteiger partial charge is 0.271 e. The third-order valence-electron chi connectivity index (χ3n) is 2.56. The van der Waals surface area contributed by atoms with Gasteiger partial charge < -0.3 is 14.8 Å². The molecule has 0 aliphatic rings. The Morgan fingerprint density at radius 1 is 1.40 bits per heavy atom. The number of aliphatic hydroxyl groups is 1. The highest BCUT2D eigenvalue weighted by atomic mass is 16.3. The number of hydrogen-bond acceptors (Lipinski definition) is 4. The molecule has 2 aromatic rings. The molecule has 0 atom stereocenters. The summed E-state index contributed by atoms with van der Waals surface area (Å²) in [5.74, 6) is 5.73. The Morgan fingerprint density at radius 2 is 2.30 bits per heavy atom. The number of amides is 1. The molecule has 0 spiro atoms. The van der Waals surface area contributed by atoms with Gasteiger partial charge in [0, 0.05) is 19.2 Å². The molecular formula is C15H14N2O3. The molecule has 2 rings (SSSR count). The maximum absolute atomic E-state index is 12.0. The summed E-state index contributed by atoms with van der Waals surface area (Å²) in [4.78, 5) is 16.1. The van der Waals surface area contributed by atoms with E-state index in [0.717, 1.165) is 5.76 Å². The van der Waals surface area contributed by atoms with Gasteiger partial charge in [0.2, 0.25) is 0 Å². The van der Waals surface area contributed by atoms with E-state index < -0.39 is 0 Å². The van der Waals surface area contributed by atoms with E-state index in [9.17, 15) is 4.79 Å². The molecule has 2 heterocycles. The first-order valence-electron chi connectivity index (χ1n) is 6.16. The number of rotatable bonds is 4. The average molecular weight is 270 g/mol. The van der Waals surface area contributed by atoms with Crippen molar-refractivity contribution in [3.8, 4) is 11.8 Å². The highest BCUT2D eigenvalue weighted by Crippen LogP contribution is 2.04. The SMILES string of the molecule is O=C(NCCc1ccco1)c1ncccc1C#CCO. The van der Waals surface area contributed by atoms with Crippen LogP contribution in [0.2, 0.25) is 0 Å². The van der Waals surface area contributed by atoms with Crippen molar-refractivity contribution in [2.75, 3.05) is 13.2 Å². The third kappa shape index (κ3) is 3.70. The maximum Gasteiger partial charge on any atom is 0.271 e. The summed E-state index contributed by atoms with van der Waals surface area (Å²) in [6.45, 7) is 0.199. The molecule has 0 radical (unpaired) electrons. The Labute approximate surface area is 116 Å². The Kier molecular flexibility index (Phi) is 4.93. The summed E-state index contributed by atoms with van der Waals surface area (Å²) in [6, 6.07) is 7.04. The van der Waals surface area contributed by atoms with Crippen molar-refractivity contribution >= 4 is 5.91 Å². The average Bonchev–Trinajstić information content (AvgIpc) is 2.98. The number of hydrogen-bond donors (Lipinski definition) is 2. The number of aromatic nitrogens is 1. The molecule has 1 amide bonds. The van der Waals surface area contributed by atoms with Crippen LogP contribution >= 0.6 is 0 Å². The van der Waals surface area contributed by atoms with Gasteiger partial charge in [0.05, 0.1) is 11.8 Å². The highest BCUT2D eigenvalue weighted by Gasteiger charge is 2.10. The van der Waals surface area contributed by atoms with Crippen LogP contribution in [0, 0.1) is 11.8 Å². The fraction of sp³-hybridized carbons (Fsp3) is 0.200.